The summed E-state index contributed by atoms with van der Waals surface area (Å²) in [6.07, 6.45) is 0.988. The van der Waals surface area contributed by atoms with E-state index in [0.29, 0.717) is 5.56 Å². The molecule has 116 valence electrons. The summed E-state index contributed by atoms with van der Waals surface area (Å²) >= 11 is 0. The Bertz CT molecular complexity index is 884. The van der Waals surface area contributed by atoms with E-state index in [1.54, 1.807) is 18.2 Å². The van der Waals surface area contributed by atoms with Gasteiger partial charge in [-0.15, -0.1) is 0 Å². The van der Waals surface area contributed by atoms with Crippen LogP contribution in [0.15, 0.2) is 48.5 Å². The molecule has 2 aromatic carbocycles. The van der Waals surface area contributed by atoms with Crippen molar-refractivity contribution >= 4 is 16.7 Å². The van der Waals surface area contributed by atoms with E-state index in [1.165, 1.54) is 17.0 Å². The Balaban J connectivity index is 1.69. The molecular weight excluding hydrogens is 291 g/mol. The van der Waals surface area contributed by atoms with Crippen LogP contribution in [0.1, 0.15) is 22.9 Å². The van der Waals surface area contributed by atoms with Gasteiger partial charge in [0.05, 0.1) is 0 Å². The van der Waals surface area contributed by atoms with Gasteiger partial charge in [-0.1, -0.05) is 36.4 Å². The van der Waals surface area contributed by atoms with E-state index in [-0.39, 0.29) is 18.0 Å². The predicted molar refractivity (Wildman–Crippen MR) is 87.9 cm³/mol. The number of hydrogen-bond acceptors (Lipinski definition) is 2. The first-order valence-corrected chi connectivity index (χ1v) is 7.83. The molecule has 0 aliphatic carbocycles. The summed E-state index contributed by atoms with van der Waals surface area (Å²) < 4.78 is 13.8. The Kier molecular flexibility index (Phi) is 3.46. The molecule has 3 nitrogen and oxygen atoms in total. The predicted octanol–water partition coefficient (Wildman–Crippen LogP) is 3.31. The van der Waals surface area contributed by atoms with Gasteiger partial charge in [-0.3, -0.25) is 4.79 Å². The van der Waals surface area contributed by atoms with Crippen molar-refractivity contribution in [3.8, 4) is 0 Å². The largest absolute Gasteiger partial charge is 0.356 e. The lowest BCUT2D eigenvalue weighted by molar-refractivity contribution is -0.120. The number of carbonyl (C=O) groups is 1. The molecule has 1 aliphatic rings. The Hall–Kier alpha value is -2.46. The number of H-pyrrole nitrogens is 1. The first-order valence-electron chi connectivity index (χ1n) is 7.83. The summed E-state index contributed by atoms with van der Waals surface area (Å²) in [6.45, 7) is 0.753. The third-order valence-electron chi connectivity index (χ3n) is 4.50. The molecule has 4 rings (SSSR count). The molecule has 23 heavy (non-hydrogen) atoms. The second-order valence-corrected chi connectivity index (χ2v) is 5.93. The van der Waals surface area contributed by atoms with Crippen molar-refractivity contribution in [2.45, 2.75) is 18.9 Å². The maximum absolute atomic E-state index is 13.8. The summed E-state index contributed by atoms with van der Waals surface area (Å²) in [5.41, 5.74) is 3.62. The fourth-order valence-corrected chi connectivity index (χ4v) is 3.39. The fourth-order valence-electron chi connectivity index (χ4n) is 3.39. The van der Waals surface area contributed by atoms with E-state index in [9.17, 15) is 9.18 Å². The molecule has 2 heterocycles. The minimum absolute atomic E-state index is 0.0115. The maximum Gasteiger partial charge on any atom is 0.160 e. The second kappa shape index (κ2) is 5.63. The lowest BCUT2D eigenvalue weighted by atomic mass is 9.94. The van der Waals surface area contributed by atoms with Crippen molar-refractivity contribution < 1.29 is 9.18 Å². The molecule has 0 spiro atoms. The monoisotopic (exact) mass is 308 g/mol. The van der Waals surface area contributed by atoms with Gasteiger partial charge in [-0.05, 0) is 29.7 Å². The summed E-state index contributed by atoms with van der Waals surface area (Å²) in [6, 6.07) is 14.1. The van der Waals surface area contributed by atoms with Crippen LogP contribution in [0.25, 0.3) is 10.9 Å². The lowest BCUT2D eigenvalue weighted by Crippen LogP contribution is -2.36. The zero-order chi connectivity index (χ0) is 15.8. The number of hydrogen-bond donors (Lipinski definition) is 2. The van der Waals surface area contributed by atoms with Gasteiger partial charge in [-0.2, -0.15) is 0 Å². The van der Waals surface area contributed by atoms with Gasteiger partial charge in [0.1, 0.15) is 11.9 Å². The minimum Gasteiger partial charge on any atom is -0.356 e. The highest BCUT2D eigenvalue weighted by molar-refractivity contribution is 5.92. The van der Waals surface area contributed by atoms with Gasteiger partial charge in [0, 0.05) is 29.6 Å². The molecule has 3 aromatic rings. The number of Topliss-reactive ketones (excluding diaryl/α,β-unsaturated/α-hetero) is 1. The van der Waals surface area contributed by atoms with Gasteiger partial charge in [0.15, 0.2) is 5.78 Å². The Morgan fingerprint density at radius 1 is 1.13 bits per heavy atom. The number of benzene rings is 2. The molecule has 0 bridgehead atoms. The van der Waals surface area contributed by atoms with Gasteiger partial charge in [-0.25, -0.2) is 4.39 Å². The fraction of sp³-hybridized carbons (Fsp3) is 0.211. The van der Waals surface area contributed by atoms with E-state index < -0.39 is 6.04 Å². The smallest absolute Gasteiger partial charge is 0.160 e. The van der Waals surface area contributed by atoms with Crippen LogP contribution in [0.3, 0.4) is 0 Å². The quantitative estimate of drug-likeness (QED) is 0.780. The van der Waals surface area contributed by atoms with E-state index in [2.05, 4.69) is 16.4 Å². The third kappa shape index (κ3) is 2.45. The Morgan fingerprint density at radius 3 is 2.78 bits per heavy atom. The number of para-hydroxylation sites is 1. The summed E-state index contributed by atoms with van der Waals surface area (Å²) in [4.78, 5) is 16.1. The molecule has 0 fully saturated rings. The molecule has 1 aromatic heterocycles. The van der Waals surface area contributed by atoms with E-state index in [1.807, 2.05) is 18.2 Å². The number of aromatic nitrogens is 1. The first-order chi connectivity index (χ1) is 11.2. The molecule has 0 saturated carbocycles. The normalized spacial score (nSPS) is 17.2. The van der Waals surface area contributed by atoms with Crippen molar-refractivity contribution in [3.05, 3.63) is 71.2 Å². The first kappa shape index (κ1) is 14.2. The van der Waals surface area contributed by atoms with Crippen LogP contribution >= 0.6 is 0 Å². The van der Waals surface area contributed by atoms with Crippen molar-refractivity contribution in [3.63, 3.8) is 0 Å². The van der Waals surface area contributed by atoms with Crippen molar-refractivity contribution in [1.29, 1.82) is 0 Å². The molecule has 1 unspecified atom stereocenters. The number of fused-ring (bicyclic) bond motifs is 3. The molecule has 4 heteroatoms. The van der Waals surface area contributed by atoms with Crippen molar-refractivity contribution in [2.75, 3.05) is 6.54 Å². The van der Waals surface area contributed by atoms with Gasteiger partial charge in [0.25, 0.3) is 0 Å². The van der Waals surface area contributed by atoms with Gasteiger partial charge >= 0.3 is 0 Å². The topological polar surface area (TPSA) is 44.9 Å². The van der Waals surface area contributed by atoms with Crippen LogP contribution in [-0.2, 0) is 17.6 Å². The highest BCUT2D eigenvalue weighted by atomic mass is 19.1. The summed E-state index contributed by atoms with van der Waals surface area (Å²) in [5, 5.41) is 4.45. The molecule has 2 N–H and O–H groups in total. The van der Waals surface area contributed by atoms with E-state index in [4.69, 9.17) is 0 Å². The van der Waals surface area contributed by atoms with Crippen LogP contribution in [0.4, 0.5) is 4.39 Å². The van der Waals surface area contributed by atoms with E-state index >= 15 is 0 Å². The van der Waals surface area contributed by atoms with Crippen LogP contribution in [0, 0.1) is 5.82 Å². The standard InChI is InChI=1S/C19H17FN2O/c20-15-7-3-1-5-12(15)11-17(23)19-18-14(9-10-21-19)13-6-2-4-8-16(13)22-18/h1-8,19,21-22H,9-11H2. The Labute approximate surface area is 133 Å². The zero-order valence-electron chi connectivity index (χ0n) is 12.6. The highest BCUT2D eigenvalue weighted by Gasteiger charge is 2.29. The zero-order valence-corrected chi connectivity index (χ0v) is 12.6. The molecule has 0 saturated heterocycles. The average molecular weight is 308 g/mol. The van der Waals surface area contributed by atoms with Crippen LogP contribution < -0.4 is 5.32 Å². The van der Waals surface area contributed by atoms with Crippen molar-refractivity contribution in [2.24, 2.45) is 0 Å². The maximum atomic E-state index is 13.8. The molecule has 0 radical (unpaired) electrons. The number of halogens is 1. The lowest BCUT2D eigenvalue weighted by Gasteiger charge is -2.23. The van der Waals surface area contributed by atoms with Crippen LogP contribution in [-0.4, -0.2) is 17.3 Å². The van der Waals surface area contributed by atoms with Gasteiger partial charge in [0.2, 0.25) is 0 Å². The number of aromatic amines is 1. The second-order valence-electron chi connectivity index (χ2n) is 5.93. The van der Waals surface area contributed by atoms with Crippen molar-refractivity contribution in [1.82, 2.24) is 10.3 Å². The number of rotatable bonds is 3. The minimum atomic E-state index is -0.397. The number of ketones is 1. The van der Waals surface area contributed by atoms with Crippen LogP contribution in [0.2, 0.25) is 0 Å². The van der Waals surface area contributed by atoms with E-state index in [0.717, 1.165) is 24.2 Å². The summed E-state index contributed by atoms with van der Waals surface area (Å²) in [5.74, 6) is -0.337. The third-order valence-corrected chi connectivity index (χ3v) is 4.50. The number of nitrogens with one attached hydrogen (secondary N) is 2. The van der Waals surface area contributed by atoms with Crippen LogP contribution in [0.5, 0.6) is 0 Å². The Morgan fingerprint density at radius 2 is 1.91 bits per heavy atom. The summed E-state index contributed by atoms with van der Waals surface area (Å²) in [7, 11) is 0. The SMILES string of the molecule is O=C(Cc1ccccc1F)C1NCCc2c1[nH]c1ccccc21. The average Bonchev–Trinajstić information content (AvgIpc) is 2.95. The number of carbonyl (C=O) groups excluding carboxylic acids is 1. The molecule has 1 aliphatic heterocycles. The van der Waals surface area contributed by atoms with Gasteiger partial charge < -0.3 is 10.3 Å². The molecule has 1 atom stereocenters. The molecular formula is C19H17FN2O. The highest BCUT2D eigenvalue weighted by Crippen LogP contribution is 2.31. The molecule has 0 amide bonds.